The molecule has 6 aromatic rings. The summed E-state index contributed by atoms with van der Waals surface area (Å²) in [5, 5.41) is 1.45. The van der Waals surface area contributed by atoms with Crippen LogP contribution in [-0.2, 0) is 35.3 Å². The average molecular weight is 816 g/mol. The van der Waals surface area contributed by atoms with Gasteiger partial charge in [-0.25, -0.2) is 0 Å². The molecule has 0 fully saturated rings. The van der Waals surface area contributed by atoms with Gasteiger partial charge in [-0.1, -0.05) is 0 Å². The Balaban J connectivity index is 1.45. The molecule has 2 unspecified atom stereocenters. The standard InChI is InChI=1S/C46H41O2Si.2ClH.Zr/c1-27-18-21-34-32(24-27)26-37(35-15-9-10-16-36(35)39-22-19-28(2)47-39)42(34)43-38-25-31-14-11-17-33(31)41(30-12-7-6-8-13-30)44(38)46(49(4)5)45(43)40-23-20-29(3)48-40;;;/h6-10,12-13,15-16,18-26,42,49H,11,14,17H2,1-5H3;2*1H;/q;;;+2/p-2. The molecule has 9 rings (SSSR count). The van der Waals surface area contributed by atoms with Gasteiger partial charge in [0, 0.05) is 0 Å². The van der Waals surface area contributed by atoms with E-state index in [0.29, 0.717) is 0 Å². The third kappa shape index (κ3) is 5.19. The van der Waals surface area contributed by atoms with Crippen LogP contribution in [0.15, 0.2) is 112 Å². The summed E-state index contributed by atoms with van der Waals surface area (Å²) >= 11 is -3.52. The van der Waals surface area contributed by atoms with Gasteiger partial charge in [-0.3, -0.25) is 0 Å². The van der Waals surface area contributed by atoms with E-state index in [2.05, 4.69) is 123 Å². The first-order chi connectivity index (χ1) is 25.2. The molecule has 0 saturated heterocycles. The molecule has 2 atom stereocenters. The summed E-state index contributed by atoms with van der Waals surface area (Å²) < 4.78 is 12.4. The van der Waals surface area contributed by atoms with E-state index < -0.39 is 31.3 Å². The normalized spacial score (nSPS) is 18.9. The summed E-state index contributed by atoms with van der Waals surface area (Å²) in [6, 6.07) is 37.7. The Morgan fingerprint density at radius 2 is 1.42 bits per heavy atom. The molecule has 0 spiro atoms. The number of rotatable bonds is 7. The minimum absolute atomic E-state index is 0.128. The first-order valence-corrected chi connectivity index (χ1v) is 28.9. The third-order valence-corrected chi connectivity index (χ3v) is 20.2. The van der Waals surface area contributed by atoms with Crippen molar-refractivity contribution in [2.75, 3.05) is 0 Å². The van der Waals surface area contributed by atoms with Crippen LogP contribution in [0.1, 0.15) is 74.1 Å². The van der Waals surface area contributed by atoms with Gasteiger partial charge in [0.25, 0.3) is 0 Å². The Labute approximate surface area is 323 Å². The molecule has 259 valence electrons. The van der Waals surface area contributed by atoms with Crippen LogP contribution in [0.2, 0.25) is 13.1 Å². The summed E-state index contributed by atoms with van der Waals surface area (Å²) in [6.45, 7) is 11.2. The van der Waals surface area contributed by atoms with Crippen LogP contribution in [0, 0.1) is 20.8 Å². The summed E-state index contributed by atoms with van der Waals surface area (Å²) in [5.74, 6) is 3.45. The van der Waals surface area contributed by atoms with Gasteiger partial charge in [0.05, 0.1) is 0 Å². The van der Waals surface area contributed by atoms with Crippen molar-refractivity contribution in [2.24, 2.45) is 0 Å². The van der Waals surface area contributed by atoms with Gasteiger partial charge < -0.3 is 0 Å². The van der Waals surface area contributed by atoms with E-state index in [-0.39, 0.29) is 5.92 Å². The van der Waals surface area contributed by atoms with Crippen molar-refractivity contribution < 1.29 is 28.2 Å². The molecule has 0 amide bonds. The molecule has 2 heterocycles. The van der Waals surface area contributed by atoms with Gasteiger partial charge in [0.1, 0.15) is 0 Å². The van der Waals surface area contributed by atoms with E-state index in [4.69, 9.17) is 25.9 Å². The predicted molar refractivity (Wildman–Crippen MR) is 217 cm³/mol. The zero-order chi connectivity index (χ0) is 35.9. The molecule has 2 aromatic heterocycles. The van der Waals surface area contributed by atoms with Crippen molar-refractivity contribution >= 4 is 48.2 Å². The van der Waals surface area contributed by atoms with E-state index in [1.807, 2.05) is 19.9 Å². The van der Waals surface area contributed by atoms with Crippen LogP contribution in [0.4, 0.5) is 0 Å². The molecule has 3 aliphatic rings. The number of furan rings is 2. The monoisotopic (exact) mass is 813 g/mol. The Hall–Kier alpha value is -3.40. The van der Waals surface area contributed by atoms with Gasteiger partial charge in [-0.2, -0.15) is 0 Å². The Bertz CT molecular complexity index is 2450. The van der Waals surface area contributed by atoms with E-state index in [9.17, 15) is 0 Å². The number of fused-ring (bicyclic) bond motifs is 3. The van der Waals surface area contributed by atoms with Crippen molar-refractivity contribution in [3.63, 3.8) is 0 Å². The van der Waals surface area contributed by atoms with Crippen molar-refractivity contribution in [1.82, 2.24) is 0 Å². The molecule has 0 N–H and O–H groups in total. The molecule has 0 radical (unpaired) electrons. The zero-order valence-electron chi connectivity index (χ0n) is 30.2. The SMILES string of the molecule is Cc1ccc2c(c1)C=C(c1ccccc1-c1ccc(C)o1)C2[C]1([Zr]([Cl])[Cl])C(c2ccc(C)o2)=C([SiH](C)C)c2c1cc1c(c2-c2ccccc2)CCC1. The third-order valence-electron chi connectivity index (χ3n) is 11.5. The maximum absolute atomic E-state index is 7.99. The Morgan fingerprint density at radius 3 is 2.10 bits per heavy atom. The molecule has 0 saturated carbocycles. The van der Waals surface area contributed by atoms with Crippen molar-refractivity contribution in [3.05, 3.63) is 165 Å². The van der Waals surface area contributed by atoms with Gasteiger partial charge in [0.2, 0.25) is 0 Å². The predicted octanol–water partition coefficient (Wildman–Crippen LogP) is 13.0. The second-order valence-electron chi connectivity index (χ2n) is 15.1. The number of aryl methyl sites for hydroxylation is 4. The van der Waals surface area contributed by atoms with Crippen LogP contribution >= 0.6 is 17.0 Å². The second kappa shape index (κ2) is 13.2. The number of halogens is 2. The fourth-order valence-corrected chi connectivity index (χ4v) is 18.7. The molecule has 4 aromatic carbocycles. The van der Waals surface area contributed by atoms with Crippen LogP contribution < -0.4 is 0 Å². The van der Waals surface area contributed by atoms with Gasteiger partial charge >= 0.3 is 326 Å². The maximum atomic E-state index is 7.99. The number of benzene rings is 4. The van der Waals surface area contributed by atoms with Crippen molar-refractivity contribution in [3.8, 4) is 22.5 Å². The number of allylic oxidation sites excluding steroid dienone is 2. The quantitative estimate of drug-likeness (QED) is 0.150. The topological polar surface area (TPSA) is 26.3 Å². The first-order valence-electron chi connectivity index (χ1n) is 18.4. The minimum atomic E-state index is -3.52. The van der Waals surface area contributed by atoms with Crippen LogP contribution in [0.25, 0.3) is 44.9 Å². The van der Waals surface area contributed by atoms with Crippen LogP contribution in [0.3, 0.4) is 0 Å². The fraction of sp³-hybridized carbons (Fsp3) is 0.217. The molecule has 2 nitrogen and oxygen atoms in total. The van der Waals surface area contributed by atoms with Crippen molar-refractivity contribution in [2.45, 2.75) is 62.2 Å². The summed E-state index contributed by atoms with van der Waals surface area (Å²) in [7, 11) is 14.4. The van der Waals surface area contributed by atoms with Gasteiger partial charge in [0.15, 0.2) is 0 Å². The second-order valence-corrected chi connectivity index (χ2v) is 26.8. The van der Waals surface area contributed by atoms with E-state index in [0.717, 1.165) is 53.4 Å². The van der Waals surface area contributed by atoms with E-state index in [1.54, 1.807) is 0 Å². The molecular formula is C46H41Cl2O2SiZr. The first kappa shape index (κ1) is 34.4. The summed E-state index contributed by atoms with van der Waals surface area (Å²) in [4.78, 5) is 0. The number of hydrogen-bond donors (Lipinski definition) is 0. The Kier molecular flexibility index (Phi) is 8.70. The molecule has 52 heavy (non-hydrogen) atoms. The summed E-state index contributed by atoms with van der Waals surface area (Å²) in [6.07, 6.45) is 5.73. The molecule has 6 heteroatoms. The van der Waals surface area contributed by atoms with Crippen molar-refractivity contribution in [1.29, 1.82) is 0 Å². The molecular weight excluding hydrogens is 775 g/mol. The fourth-order valence-electron chi connectivity index (χ4n) is 9.54. The molecule has 0 bridgehead atoms. The van der Waals surface area contributed by atoms with E-state index >= 15 is 0 Å². The summed E-state index contributed by atoms with van der Waals surface area (Å²) in [5.41, 5.74) is 16.8. The van der Waals surface area contributed by atoms with E-state index in [1.165, 1.54) is 66.4 Å². The molecule has 0 aliphatic heterocycles. The van der Waals surface area contributed by atoms with Gasteiger partial charge in [-0.05, 0) is 0 Å². The van der Waals surface area contributed by atoms with Crippen LogP contribution in [-0.4, -0.2) is 8.80 Å². The van der Waals surface area contributed by atoms with Crippen LogP contribution in [0.5, 0.6) is 0 Å². The molecule has 3 aliphatic carbocycles. The zero-order valence-corrected chi connectivity index (χ0v) is 35.4. The average Bonchev–Trinajstić information content (AvgIpc) is 3.97. The van der Waals surface area contributed by atoms with Gasteiger partial charge in [-0.15, -0.1) is 0 Å². The number of hydrogen-bond acceptors (Lipinski definition) is 2. The Morgan fingerprint density at radius 1 is 0.731 bits per heavy atom.